The molecule has 0 spiro atoms. The van der Waals surface area contributed by atoms with Crippen LogP contribution in [0, 0.1) is 9.49 Å². The van der Waals surface area contributed by atoms with Crippen molar-refractivity contribution in [3.63, 3.8) is 0 Å². The summed E-state index contributed by atoms with van der Waals surface area (Å²) in [6, 6.07) is 8.32. The number of para-hydroxylation sites is 1. The third kappa shape index (κ3) is 4.11. The lowest BCUT2D eigenvalue weighted by Gasteiger charge is -2.35. The molecule has 4 heteroatoms. The summed E-state index contributed by atoms with van der Waals surface area (Å²) in [6.07, 6.45) is 1.96. The first-order valence-corrected chi connectivity index (χ1v) is 8.17. The maximum absolute atomic E-state index is 12.2. The van der Waals surface area contributed by atoms with Gasteiger partial charge in [0, 0.05) is 16.7 Å². The SMILES string of the molecule is CC(C)(C)OC(=O)C1CCCN(c2ccccc2I)C1. The predicted octanol–water partition coefficient (Wildman–Crippen LogP) is 3.85. The number of rotatable bonds is 2. The van der Waals surface area contributed by atoms with Crippen LogP contribution in [0.2, 0.25) is 0 Å². The highest BCUT2D eigenvalue weighted by Crippen LogP contribution is 2.28. The quantitative estimate of drug-likeness (QED) is 0.571. The average molecular weight is 387 g/mol. The Morgan fingerprint density at radius 1 is 1.35 bits per heavy atom. The summed E-state index contributed by atoms with van der Waals surface area (Å²) >= 11 is 2.35. The molecule has 110 valence electrons. The molecule has 3 nitrogen and oxygen atoms in total. The van der Waals surface area contributed by atoms with Gasteiger partial charge in [-0.1, -0.05) is 12.1 Å². The van der Waals surface area contributed by atoms with Gasteiger partial charge in [0.05, 0.1) is 11.6 Å². The summed E-state index contributed by atoms with van der Waals surface area (Å²) in [5, 5.41) is 0. The number of esters is 1. The summed E-state index contributed by atoms with van der Waals surface area (Å²) in [5.74, 6) is -0.0767. The van der Waals surface area contributed by atoms with Crippen molar-refractivity contribution in [1.29, 1.82) is 0 Å². The van der Waals surface area contributed by atoms with Crippen molar-refractivity contribution in [3.8, 4) is 0 Å². The van der Waals surface area contributed by atoms with E-state index in [1.165, 1.54) is 9.26 Å². The number of carbonyl (C=O) groups is 1. The van der Waals surface area contributed by atoms with Crippen LogP contribution in [-0.4, -0.2) is 24.7 Å². The van der Waals surface area contributed by atoms with Gasteiger partial charge in [-0.15, -0.1) is 0 Å². The standard InChI is InChI=1S/C16H22INO2/c1-16(2,3)20-15(19)12-7-6-10-18(11-12)14-9-5-4-8-13(14)17/h4-5,8-9,12H,6-7,10-11H2,1-3H3. The van der Waals surface area contributed by atoms with Crippen LogP contribution in [0.4, 0.5) is 5.69 Å². The number of ether oxygens (including phenoxy) is 1. The molecule has 0 N–H and O–H groups in total. The van der Waals surface area contributed by atoms with Crippen molar-refractivity contribution in [3.05, 3.63) is 27.8 Å². The van der Waals surface area contributed by atoms with Crippen LogP contribution in [0.5, 0.6) is 0 Å². The highest BCUT2D eigenvalue weighted by molar-refractivity contribution is 14.1. The van der Waals surface area contributed by atoms with Crippen LogP contribution >= 0.6 is 22.6 Å². The predicted molar refractivity (Wildman–Crippen MR) is 89.9 cm³/mol. The van der Waals surface area contributed by atoms with E-state index < -0.39 is 5.60 Å². The molecule has 1 saturated heterocycles. The summed E-state index contributed by atoms with van der Waals surface area (Å²) in [5.41, 5.74) is 0.821. The van der Waals surface area contributed by atoms with Gasteiger partial charge in [-0.3, -0.25) is 4.79 Å². The number of piperidine rings is 1. The molecule has 1 aliphatic heterocycles. The van der Waals surface area contributed by atoms with Gasteiger partial charge < -0.3 is 9.64 Å². The van der Waals surface area contributed by atoms with Gasteiger partial charge in [0.15, 0.2) is 0 Å². The Labute approximate surface area is 134 Å². The number of halogens is 1. The summed E-state index contributed by atoms with van der Waals surface area (Å²) in [6.45, 7) is 7.54. The molecule has 1 aliphatic rings. The van der Waals surface area contributed by atoms with Crippen molar-refractivity contribution < 1.29 is 9.53 Å². The summed E-state index contributed by atoms with van der Waals surface area (Å²) in [7, 11) is 0. The zero-order valence-corrected chi connectivity index (χ0v) is 14.5. The van der Waals surface area contributed by atoms with Gasteiger partial charge in [-0.2, -0.15) is 0 Å². The molecule has 0 amide bonds. The van der Waals surface area contributed by atoms with Crippen LogP contribution in [0.15, 0.2) is 24.3 Å². The highest BCUT2D eigenvalue weighted by atomic mass is 127. The number of benzene rings is 1. The van der Waals surface area contributed by atoms with E-state index in [0.29, 0.717) is 0 Å². The molecule has 20 heavy (non-hydrogen) atoms. The first-order chi connectivity index (χ1) is 9.37. The van der Waals surface area contributed by atoms with Crippen molar-refractivity contribution in [1.82, 2.24) is 0 Å². The first kappa shape index (κ1) is 15.6. The fourth-order valence-electron chi connectivity index (χ4n) is 2.48. The number of anilines is 1. The molecule has 0 aliphatic carbocycles. The molecule has 2 rings (SSSR count). The van der Waals surface area contributed by atoms with Crippen molar-refractivity contribution in [2.45, 2.75) is 39.2 Å². The molecule has 0 bridgehead atoms. The van der Waals surface area contributed by atoms with E-state index >= 15 is 0 Å². The molecule has 0 aromatic heterocycles. The van der Waals surface area contributed by atoms with Crippen molar-refractivity contribution >= 4 is 34.2 Å². The second-order valence-electron chi connectivity index (χ2n) is 6.27. The number of hydrogen-bond donors (Lipinski definition) is 0. The topological polar surface area (TPSA) is 29.5 Å². The van der Waals surface area contributed by atoms with Crippen molar-refractivity contribution in [2.75, 3.05) is 18.0 Å². The fourth-order valence-corrected chi connectivity index (χ4v) is 3.21. The van der Waals surface area contributed by atoms with Gasteiger partial charge in [0.25, 0.3) is 0 Å². The number of hydrogen-bond acceptors (Lipinski definition) is 3. The van der Waals surface area contributed by atoms with Gasteiger partial charge in [0.1, 0.15) is 5.60 Å². The zero-order valence-electron chi connectivity index (χ0n) is 12.4. The van der Waals surface area contributed by atoms with Crippen LogP contribution in [0.25, 0.3) is 0 Å². The minimum absolute atomic E-state index is 0.0148. The normalized spacial score (nSPS) is 19.8. The van der Waals surface area contributed by atoms with E-state index in [4.69, 9.17) is 4.74 Å². The monoisotopic (exact) mass is 387 g/mol. The second kappa shape index (κ2) is 6.33. The van der Waals surface area contributed by atoms with Crippen molar-refractivity contribution in [2.24, 2.45) is 5.92 Å². The van der Waals surface area contributed by atoms with Gasteiger partial charge in [0.2, 0.25) is 0 Å². The van der Waals surface area contributed by atoms with Crippen LogP contribution in [0.1, 0.15) is 33.6 Å². The summed E-state index contributed by atoms with van der Waals surface area (Å²) < 4.78 is 6.76. The van der Waals surface area contributed by atoms with E-state index in [-0.39, 0.29) is 11.9 Å². The Bertz CT molecular complexity index is 482. The molecule has 1 fully saturated rings. The third-order valence-corrected chi connectivity index (χ3v) is 4.27. The first-order valence-electron chi connectivity index (χ1n) is 7.09. The average Bonchev–Trinajstić information content (AvgIpc) is 2.37. The molecular weight excluding hydrogens is 365 g/mol. The minimum atomic E-state index is -0.402. The van der Waals surface area contributed by atoms with E-state index in [2.05, 4.69) is 45.7 Å². The maximum Gasteiger partial charge on any atom is 0.311 e. The lowest BCUT2D eigenvalue weighted by atomic mass is 9.97. The Morgan fingerprint density at radius 3 is 2.70 bits per heavy atom. The molecular formula is C16H22INO2. The van der Waals surface area contributed by atoms with Crippen LogP contribution in [-0.2, 0) is 9.53 Å². The molecule has 1 aromatic rings. The van der Waals surface area contributed by atoms with Gasteiger partial charge in [-0.05, 0) is 68.3 Å². The van der Waals surface area contributed by atoms with E-state index in [9.17, 15) is 4.79 Å². The third-order valence-electron chi connectivity index (χ3n) is 3.35. The lowest BCUT2D eigenvalue weighted by molar-refractivity contribution is -0.160. The molecule has 1 atom stereocenters. The van der Waals surface area contributed by atoms with Crippen LogP contribution in [0.3, 0.4) is 0 Å². The Balaban J connectivity index is 2.06. The van der Waals surface area contributed by atoms with Gasteiger partial charge >= 0.3 is 5.97 Å². The molecule has 1 unspecified atom stereocenters. The number of nitrogens with zero attached hydrogens (tertiary/aromatic N) is 1. The zero-order chi connectivity index (χ0) is 14.8. The largest absolute Gasteiger partial charge is 0.460 e. The molecule has 1 heterocycles. The van der Waals surface area contributed by atoms with E-state index in [1.54, 1.807) is 0 Å². The van der Waals surface area contributed by atoms with E-state index in [1.807, 2.05) is 26.8 Å². The van der Waals surface area contributed by atoms with Crippen LogP contribution < -0.4 is 4.90 Å². The Hall–Kier alpha value is -0.780. The van der Waals surface area contributed by atoms with E-state index in [0.717, 1.165) is 25.9 Å². The minimum Gasteiger partial charge on any atom is -0.460 e. The molecule has 0 radical (unpaired) electrons. The molecule has 1 aromatic carbocycles. The summed E-state index contributed by atoms with van der Waals surface area (Å²) in [4.78, 5) is 14.5. The smallest absolute Gasteiger partial charge is 0.311 e. The molecule has 0 saturated carbocycles. The highest BCUT2D eigenvalue weighted by Gasteiger charge is 2.30. The maximum atomic E-state index is 12.2. The lowest BCUT2D eigenvalue weighted by Crippen LogP contribution is -2.41. The number of carbonyl (C=O) groups excluding carboxylic acids is 1. The fraction of sp³-hybridized carbons (Fsp3) is 0.562. The Kier molecular flexibility index (Phi) is 4.94. The Morgan fingerprint density at radius 2 is 2.05 bits per heavy atom. The second-order valence-corrected chi connectivity index (χ2v) is 7.43. The van der Waals surface area contributed by atoms with Gasteiger partial charge in [-0.25, -0.2) is 0 Å².